The van der Waals surface area contributed by atoms with Crippen molar-refractivity contribution in [3.8, 4) is 0 Å². The van der Waals surface area contributed by atoms with E-state index in [0.29, 0.717) is 17.2 Å². The van der Waals surface area contributed by atoms with Gasteiger partial charge in [-0.2, -0.15) is 0 Å². The summed E-state index contributed by atoms with van der Waals surface area (Å²) >= 11 is 5.94. The maximum absolute atomic E-state index is 13.1. The first-order valence-corrected chi connectivity index (χ1v) is 9.74. The summed E-state index contributed by atoms with van der Waals surface area (Å²) in [6, 6.07) is 7.15. The van der Waals surface area contributed by atoms with Crippen LogP contribution in [0.4, 0.5) is 0 Å². The van der Waals surface area contributed by atoms with Gasteiger partial charge in [0.1, 0.15) is 0 Å². The summed E-state index contributed by atoms with van der Waals surface area (Å²) < 4.78 is 2.85. The summed E-state index contributed by atoms with van der Waals surface area (Å²) in [6.07, 6.45) is 4.58. The SMILES string of the molecule is CCCn1c(=O)n(Cc2ccc(Cl)cc2)c(=O)c2nc3c(nc21)CCCC3. The van der Waals surface area contributed by atoms with Gasteiger partial charge in [0.05, 0.1) is 17.9 Å². The van der Waals surface area contributed by atoms with E-state index in [1.54, 1.807) is 16.7 Å². The Hall–Kier alpha value is -2.47. The standard InChI is InChI=1S/C20H21ClN4O2/c1-2-11-24-18-17(22-15-5-3-4-6-16(15)23-18)19(26)25(20(24)27)12-13-7-9-14(21)10-8-13/h7-10H,2-6,11-12H2,1H3. The molecule has 0 atom stereocenters. The fraction of sp³-hybridized carbons (Fsp3) is 0.400. The van der Waals surface area contributed by atoms with Crippen molar-refractivity contribution in [1.29, 1.82) is 0 Å². The van der Waals surface area contributed by atoms with Crippen LogP contribution in [0.15, 0.2) is 33.9 Å². The molecule has 140 valence electrons. The van der Waals surface area contributed by atoms with Crippen LogP contribution in [0, 0.1) is 0 Å². The van der Waals surface area contributed by atoms with Crippen LogP contribution in [0.5, 0.6) is 0 Å². The molecule has 0 fully saturated rings. The van der Waals surface area contributed by atoms with E-state index in [0.717, 1.165) is 49.1 Å². The number of benzene rings is 1. The van der Waals surface area contributed by atoms with Crippen molar-refractivity contribution >= 4 is 22.8 Å². The van der Waals surface area contributed by atoms with Crippen LogP contribution in [0.2, 0.25) is 5.02 Å². The van der Waals surface area contributed by atoms with E-state index in [4.69, 9.17) is 11.6 Å². The Morgan fingerprint density at radius 3 is 2.33 bits per heavy atom. The van der Waals surface area contributed by atoms with Crippen molar-refractivity contribution < 1.29 is 0 Å². The van der Waals surface area contributed by atoms with E-state index in [2.05, 4.69) is 9.97 Å². The second kappa shape index (κ2) is 7.27. The van der Waals surface area contributed by atoms with Crippen LogP contribution < -0.4 is 11.2 Å². The zero-order valence-electron chi connectivity index (χ0n) is 15.2. The van der Waals surface area contributed by atoms with Crippen LogP contribution in [0.25, 0.3) is 11.2 Å². The highest BCUT2D eigenvalue weighted by molar-refractivity contribution is 6.30. The molecule has 0 unspecified atom stereocenters. The Balaban J connectivity index is 1.94. The van der Waals surface area contributed by atoms with E-state index in [9.17, 15) is 9.59 Å². The van der Waals surface area contributed by atoms with Gasteiger partial charge in [0.2, 0.25) is 0 Å². The summed E-state index contributed by atoms with van der Waals surface area (Å²) in [5.41, 5.74) is 2.65. The minimum Gasteiger partial charge on any atom is -0.276 e. The second-order valence-corrected chi connectivity index (χ2v) is 7.38. The van der Waals surface area contributed by atoms with Gasteiger partial charge < -0.3 is 0 Å². The molecule has 0 aliphatic heterocycles. The van der Waals surface area contributed by atoms with E-state index >= 15 is 0 Å². The third-order valence-corrected chi connectivity index (χ3v) is 5.23. The molecule has 0 saturated carbocycles. The number of aromatic nitrogens is 4. The maximum Gasteiger partial charge on any atom is 0.333 e. The molecule has 4 rings (SSSR count). The quantitative estimate of drug-likeness (QED) is 0.693. The molecule has 27 heavy (non-hydrogen) atoms. The summed E-state index contributed by atoms with van der Waals surface area (Å²) in [7, 11) is 0. The van der Waals surface area contributed by atoms with Crippen LogP contribution in [0.1, 0.15) is 43.1 Å². The van der Waals surface area contributed by atoms with Gasteiger partial charge in [-0.05, 0) is 49.8 Å². The largest absolute Gasteiger partial charge is 0.333 e. The van der Waals surface area contributed by atoms with Gasteiger partial charge in [-0.1, -0.05) is 30.7 Å². The molecular weight excluding hydrogens is 364 g/mol. The fourth-order valence-corrected chi connectivity index (χ4v) is 3.73. The number of hydrogen-bond donors (Lipinski definition) is 0. The number of hydrogen-bond acceptors (Lipinski definition) is 4. The topological polar surface area (TPSA) is 69.8 Å². The minimum atomic E-state index is -0.377. The third-order valence-electron chi connectivity index (χ3n) is 4.98. The predicted octanol–water partition coefficient (Wildman–Crippen LogP) is 2.94. The zero-order chi connectivity index (χ0) is 19.0. The van der Waals surface area contributed by atoms with Crippen LogP contribution in [-0.4, -0.2) is 19.1 Å². The summed E-state index contributed by atoms with van der Waals surface area (Å²) in [4.78, 5) is 35.5. The summed E-state index contributed by atoms with van der Waals surface area (Å²) in [6.45, 7) is 2.69. The third kappa shape index (κ3) is 3.30. The van der Waals surface area contributed by atoms with Gasteiger partial charge >= 0.3 is 5.69 Å². The Labute approximate surface area is 161 Å². The van der Waals surface area contributed by atoms with Crippen molar-refractivity contribution in [2.24, 2.45) is 0 Å². The molecule has 6 nitrogen and oxygen atoms in total. The normalized spacial score (nSPS) is 13.7. The lowest BCUT2D eigenvalue weighted by Gasteiger charge is -2.17. The lowest BCUT2D eigenvalue weighted by atomic mass is 10.0. The fourth-order valence-electron chi connectivity index (χ4n) is 3.60. The van der Waals surface area contributed by atoms with Crippen molar-refractivity contribution in [3.05, 3.63) is 67.1 Å². The minimum absolute atomic E-state index is 0.188. The highest BCUT2D eigenvalue weighted by Crippen LogP contribution is 2.19. The van der Waals surface area contributed by atoms with Crippen LogP contribution in [-0.2, 0) is 25.9 Å². The number of halogens is 1. The van der Waals surface area contributed by atoms with E-state index in [1.165, 1.54) is 4.57 Å². The highest BCUT2D eigenvalue weighted by Gasteiger charge is 2.20. The summed E-state index contributed by atoms with van der Waals surface area (Å²) in [5.74, 6) is 0. The molecule has 0 spiro atoms. The van der Waals surface area contributed by atoms with Gasteiger partial charge in [-0.25, -0.2) is 14.8 Å². The average molecular weight is 385 g/mol. The Kier molecular flexibility index (Phi) is 4.83. The van der Waals surface area contributed by atoms with Crippen molar-refractivity contribution in [2.45, 2.75) is 52.1 Å². The van der Waals surface area contributed by atoms with Crippen molar-refractivity contribution in [3.63, 3.8) is 0 Å². The lowest BCUT2D eigenvalue weighted by Crippen LogP contribution is -2.41. The molecule has 0 saturated heterocycles. The zero-order valence-corrected chi connectivity index (χ0v) is 16.0. The number of rotatable bonds is 4. The molecule has 2 heterocycles. The molecule has 0 amide bonds. The Morgan fingerprint density at radius 1 is 1.00 bits per heavy atom. The van der Waals surface area contributed by atoms with Crippen LogP contribution in [0.3, 0.4) is 0 Å². The molecule has 7 heteroatoms. The molecule has 0 N–H and O–H groups in total. The van der Waals surface area contributed by atoms with Gasteiger partial charge in [0.25, 0.3) is 5.56 Å². The molecule has 1 aliphatic carbocycles. The Morgan fingerprint density at radius 2 is 1.67 bits per heavy atom. The predicted molar refractivity (Wildman–Crippen MR) is 106 cm³/mol. The lowest BCUT2D eigenvalue weighted by molar-refractivity contribution is 0.580. The molecule has 0 radical (unpaired) electrons. The molecule has 0 bridgehead atoms. The first-order chi connectivity index (χ1) is 13.1. The number of nitrogens with zero attached hydrogens (tertiary/aromatic N) is 4. The number of aryl methyl sites for hydroxylation is 3. The van der Waals surface area contributed by atoms with Gasteiger partial charge in [0, 0.05) is 11.6 Å². The maximum atomic E-state index is 13.1. The number of fused-ring (bicyclic) bond motifs is 2. The van der Waals surface area contributed by atoms with Crippen molar-refractivity contribution in [2.75, 3.05) is 0 Å². The molecule has 3 aromatic rings. The Bertz CT molecular complexity index is 1120. The van der Waals surface area contributed by atoms with E-state index in [-0.39, 0.29) is 23.3 Å². The molecule has 1 aliphatic rings. The molecular formula is C20H21ClN4O2. The monoisotopic (exact) mass is 384 g/mol. The van der Waals surface area contributed by atoms with E-state index in [1.807, 2.05) is 19.1 Å². The highest BCUT2D eigenvalue weighted by atomic mass is 35.5. The van der Waals surface area contributed by atoms with Gasteiger partial charge in [-0.3, -0.25) is 13.9 Å². The summed E-state index contributed by atoms with van der Waals surface area (Å²) in [5, 5.41) is 0.616. The molecule has 1 aromatic carbocycles. The first kappa shape index (κ1) is 17.9. The smallest absolute Gasteiger partial charge is 0.276 e. The van der Waals surface area contributed by atoms with E-state index < -0.39 is 0 Å². The second-order valence-electron chi connectivity index (χ2n) is 6.95. The molecule has 2 aromatic heterocycles. The van der Waals surface area contributed by atoms with Gasteiger partial charge in [-0.15, -0.1) is 0 Å². The van der Waals surface area contributed by atoms with Crippen LogP contribution >= 0.6 is 11.6 Å². The first-order valence-electron chi connectivity index (χ1n) is 9.36. The van der Waals surface area contributed by atoms with Gasteiger partial charge in [0.15, 0.2) is 11.2 Å². The van der Waals surface area contributed by atoms with Crippen molar-refractivity contribution in [1.82, 2.24) is 19.1 Å². The average Bonchev–Trinajstić information content (AvgIpc) is 2.69.